The van der Waals surface area contributed by atoms with Crippen LogP contribution in [0.25, 0.3) is 12.4 Å². The van der Waals surface area contributed by atoms with Gasteiger partial charge < -0.3 is 14.6 Å². The van der Waals surface area contributed by atoms with Crippen LogP contribution in [0.3, 0.4) is 0 Å². The quantitative estimate of drug-likeness (QED) is 0.650. The average Bonchev–Trinajstić information content (AvgIpc) is 2.83. The molecule has 0 aliphatic rings. The maximum Gasteiger partial charge on any atom is 0.166 e. The van der Waals surface area contributed by atoms with E-state index >= 15 is 0 Å². The Hall–Kier alpha value is -2.82. The number of carbonyl (C=O) groups is 1. The lowest BCUT2D eigenvalue weighted by Crippen LogP contribution is -2.31. The molecule has 0 amide bonds. The molecule has 2 aromatic rings. The summed E-state index contributed by atoms with van der Waals surface area (Å²) >= 11 is 0. The molecule has 1 heterocycles. The lowest BCUT2D eigenvalue weighted by molar-refractivity contribution is 0.111. The Kier molecular flexibility index (Phi) is 5.80. The van der Waals surface area contributed by atoms with Crippen molar-refractivity contribution in [2.45, 2.75) is 33.8 Å². The summed E-state index contributed by atoms with van der Waals surface area (Å²) in [6.45, 7) is 11.9. The molecule has 0 radical (unpaired) electrons. The molecule has 2 rings (SSSR count). The number of hydrogen-bond acceptors (Lipinski definition) is 4. The van der Waals surface area contributed by atoms with Crippen molar-refractivity contribution < 1.29 is 9.53 Å². The van der Waals surface area contributed by atoms with Crippen LogP contribution in [0.15, 0.2) is 29.3 Å². The third-order valence-electron chi connectivity index (χ3n) is 3.71. The predicted octanol–water partition coefficient (Wildman–Crippen LogP) is 2.61. The van der Waals surface area contributed by atoms with Gasteiger partial charge in [0.25, 0.3) is 0 Å². The summed E-state index contributed by atoms with van der Waals surface area (Å²) in [5.74, 6) is 1.37. The van der Waals surface area contributed by atoms with Crippen LogP contribution in [-0.4, -0.2) is 23.2 Å². The Balaban J connectivity index is 2.63. The third kappa shape index (κ3) is 4.18. The van der Waals surface area contributed by atoms with Crippen LogP contribution in [0.5, 0.6) is 5.75 Å². The van der Waals surface area contributed by atoms with Crippen LogP contribution in [0.4, 0.5) is 5.69 Å². The predicted molar refractivity (Wildman–Crippen MR) is 104 cm³/mol. The molecule has 25 heavy (non-hydrogen) atoms. The number of nitrogens with zero attached hydrogens (tertiary/aromatic N) is 2. The van der Waals surface area contributed by atoms with Gasteiger partial charge in [-0.1, -0.05) is 12.6 Å². The highest BCUT2D eigenvalue weighted by atomic mass is 16.5. The smallest absolute Gasteiger partial charge is 0.166 e. The van der Waals surface area contributed by atoms with Crippen molar-refractivity contribution in [2.75, 3.05) is 5.32 Å². The van der Waals surface area contributed by atoms with Crippen LogP contribution in [0, 0.1) is 6.92 Å². The lowest BCUT2D eigenvalue weighted by atomic mass is 10.2. The monoisotopic (exact) mass is 339 g/mol. The molecular weight excluding hydrogens is 314 g/mol. The molecule has 1 N–H and O–H groups in total. The zero-order valence-electron chi connectivity index (χ0n) is 15.5. The highest BCUT2D eigenvalue weighted by molar-refractivity contribution is 5.76. The molecule has 1 aromatic heterocycles. The summed E-state index contributed by atoms with van der Waals surface area (Å²) in [5, 5.41) is 4.83. The van der Waals surface area contributed by atoms with E-state index in [1.54, 1.807) is 16.8 Å². The Bertz CT molecular complexity index is 908. The minimum atomic E-state index is 0.0561. The molecule has 0 aliphatic carbocycles. The number of carbonyl (C=O) groups excluding carboxylic acids is 1. The Morgan fingerprint density at radius 3 is 2.64 bits per heavy atom. The van der Waals surface area contributed by atoms with Gasteiger partial charge in [-0.25, -0.2) is 4.99 Å². The zero-order valence-corrected chi connectivity index (χ0v) is 15.5. The molecule has 0 saturated carbocycles. The number of hydrogen-bond donors (Lipinski definition) is 1. The van der Waals surface area contributed by atoms with Crippen molar-refractivity contribution in [3.8, 4) is 5.75 Å². The van der Waals surface area contributed by atoms with E-state index in [0.717, 1.165) is 33.9 Å². The van der Waals surface area contributed by atoms with E-state index in [9.17, 15) is 4.79 Å². The minimum absolute atomic E-state index is 0.0561. The first kappa shape index (κ1) is 18.5. The van der Waals surface area contributed by atoms with E-state index in [1.165, 1.54) is 0 Å². The summed E-state index contributed by atoms with van der Waals surface area (Å²) in [4.78, 5) is 15.7. The van der Waals surface area contributed by atoms with Crippen molar-refractivity contribution in [1.29, 1.82) is 0 Å². The number of benzene rings is 1. The summed E-state index contributed by atoms with van der Waals surface area (Å²) in [6.07, 6.45) is 2.57. The zero-order chi connectivity index (χ0) is 18.6. The van der Waals surface area contributed by atoms with Gasteiger partial charge in [-0.05, 0) is 56.7 Å². The SMILES string of the molecule is C=c1cc(C=O)n(C)/c1=C(/N=CC)Nc1ccc(C)cc1OC(C)C. The van der Waals surface area contributed by atoms with Crippen molar-refractivity contribution >= 4 is 30.6 Å². The van der Waals surface area contributed by atoms with Gasteiger partial charge in [0.1, 0.15) is 5.75 Å². The van der Waals surface area contributed by atoms with Gasteiger partial charge in [0.15, 0.2) is 12.1 Å². The van der Waals surface area contributed by atoms with Crippen LogP contribution in [0.1, 0.15) is 36.8 Å². The number of aldehydes is 1. The largest absolute Gasteiger partial charge is 0.489 e. The first-order valence-corrected chi connectivity index (χ1v) is 8.24. The molecule has 5 nitrogen and oxygen atoms in total. The van der Waals surface area contributed by atoms with E-state index in [4.69, 9.17) is 4.74 Å². The Labute approximate surface area is 148 Å². The molecular formula is C20H25N3O2. The Morgan fingerprint density at radius 2 is 2.08 bits per heavy atom. The van der Waals surface area contributed by atoms with E-state index < -0.39 is 0 Å². The number of nitrogens with one attached hydrogen (secondary N) is 1. The standard InChI is InChI=1S/C20H25N3O2/c1-7-21-20(19-15(5)11-16(12-24)23(19)6)22-17-9-8-14(4)10-18(17)25-13(2)3/h7-13,22H,5H2,1-4,6H3/b20-19-,21-7?. The maximum atomic E-state index is 11.2. The molecule has 5 heteroatoms. The highest BCUT2D eigenvalue weighted by Gasteiger charge is 2.10. The van der Waals surface area contributed by atoms with Gasteiger partial charge in [-0.3, -0.25) is 4.79 Å². The van der Waals surface area contributed by atoms with Gasteiger partial charge >= 0.3 is 0 Å². The van der Waals surface area contributed by atoms with Crippen LogP contribution < -0.4 is 20.6 Å². The van der Waals surface area contributed by atoms with Crippen LogP contribution in [0.2, 0.25) is 0 Å². The number of aliphatic imine (C=N–C) groups is 1. The van der Waals surface area contributed by atoms with Crippen LogP contribution >= 0.6 is 0 Å². The second-order valence-corrected chi connectivity index (χ2v) is 6.15. The first-order chi connectivity index (χ1) is 11.9. The fourth-order valence-corrected chi connectivity index (χ4v) is 2.61. The maximum absolute atomic E-state index is 11.2. The second-order valence-electron chi connectivity index (χ2n) is 6.15. The van der Waals surface area contributed by atoms with Crippen molar-refractivity contribution in [2.24, 2.45) is 12.0 Å². The summed E-state index contributed by atoms with van der Waals surface area (Å²) < 4.78 is 7.70. The third-order valence-corrected chi connectivity index (χ3v) is 3.71. The van der Waals surface area contributed by atoms with Crippen molar-refractivity contribution in [3.05, 3.63) is 46.1 Å². The molecule has 0 aliphatic heterocycles. The lowest BCUT2D eigenvalue weighted by Gasteiger charge is -2.16. The molecule has 0 fully saturated rings. The minimum Gasteiger partial charge on any atom is -0.489 e. The Morgan fingerprint density at radius 1 is 1.36 bits per heavy atom. The van der Waals surface area contributed by atoms with Crippen molar-refractivity contribution in [3.63, 3.8) is 0 Å². The molecule has 0 unspecified atom stereocenters. The van der Waals surface area contributed by atoms with Crippen LogP contribution in [-0.2, 0) is 7.05 Å². The summed E-state index contributed by atoms with van der Waals surface area (Å²) in [7, 11) is 1.82. The fourth-order valence-electron chi connectivity index (χ4n) is 2.61. The molecule has 0 saturated heterocycles. The number of ether oxygens (including phenoxy) is 1. The topological polar surface area (TPSA) is 55.6 Å². The van der Waals surface area contributed by atoms with Gasteiger partial charge in [-0.15, -0.1) is 0 Å². The fraction of sp³-hybridized carbons (Fsp3) is 0.300. The van der Waals surface area contributed by atoms with E-state index in [-0.39, 0.29) is 6.10 Å². The normalized spacial score (nSPS) is 12.6. The molecule has 0 atom stereocenters. The van der Waals surface area contributed by atoms with Gasteiger partial charge in [-0.2, -0.15) is 0 Å². The van der Waals surface area contributed by atoms with E-state index in [0.29, 0.717) is 11.5 Å². The van der Waals surface area contributed by atoms with E-state index in [2.05, 4.69) is 16.9 Å². The van der Waals surface area contributed by atoms with Gasteiger partial charge in [0.2, 0.25) is 0 Å². The summed E-state index contributed by atoms with van der Waals surface area (Å²) in [6, 6.07) is 7.71. The second kappa shape index (κ2) is 7.83. The molecule has 1 aromatic carbocycles. The molecule has 0 bridgehead atoms. The number of aryl methyl sites for hydroxylation is 1. The average molecular weight is 339 g/mol. The first-order valence-electron chi connectivity index (χ1n) is 8.24. The number of rotatable bonds is 6. The molecule has 0 spiro atoms. The molecule has 132 valence electrons. The van der Waals surface area contributed by atoms with Gasteiger partial charge in [0.05, 0.1) is 22.8 Å². The number of aromatic nitrogens is 1. The van der Waals surface area contributed by atoms with Crippen molar-refractivity contribution in [1.82, 2.24) is 4.57 Å². The summed E-state index contributed by atoms with van der Waals surface area (Å²) in [5.41, 5.74) is 2.48. The highest BCUT2D eigenvalue weighted by Crippen LogP contribution is 2.28. The van der Waals surface area contributed by atoms with E-state index in [1.807, 2.05) is 52.9 Å². The van der Waals surface area contributed by atoms with Gasteiger partial charge in [0, 0.05) is 13.3 Å². The number of anilines is 1.